The van der Waals surface area contributed by atoms with Crippen LogP contribution in [-0.2, 0) is 13.1 Å². The van der Waals surface area contributed by atoms with Gasteiger partial charge in [0.1, 0.15) is 0 Å². The number of amides is 1. The summed E-state index contributed by atoms with van der Waals surface area (Å²) in [7, 11) is 3.37. The minimum Gasteiger partial charge on any atom is -0.355 e. The number of rotatable bonds is 5. The molecule has 0 aliphatic heterocycles. The Morgan fingerprint density at radius 2 is 1.91 bits per heavy atom. The van der Waals surface area contributed by atoms with Crippen LogP contribution in [0.3, 0.4) is 0 Å². The topological polar surface area (TPSA) is 65.5 Å². The standard InChI is InChI=1S/C16H20N4OS.HI/c1-17-15(21)14-5-3-4-12(8-14)9-19-16(18-2)20-10-13-6-7-22-11-13;/h3-8,11H,9-10H2,1-2H3,(H,17,21)(H2,18,19,20);1H. The summed E-state index contributed by atoms with van der Waals surface area (Å²) < 4.78 is 0. The summed E-state index contributed by atoms with van der Waals surface area (Å²) in [6.07, 6.45) is 0. The third-order valence-corrected chi connectivity index (χ3v) is 3.87. The fourth-order valence-electron chi connectivity index (χ4n) is 1.95. The van der Waals surface area contributed by atoms with Crippen molar-refractivity contribution in [2.45, 2.75) is 13.1 Å². The second-order valence-corrected chi connectivity index (χ2v) is 5.47. The molecule has 2 rings (SSSR count). The molecule has 0 saturated heterocycles. The lowest BCUT2D eigenvalue weighted by Crippen LogP contribution is -2.36. The van der Waals surface area contributed by atoms with Gasteiger partial charge in [0.2, 0.25) is 0 Å². The lowest BCUT2D eigenvalue weighted by Gasteiger charge is -2.12. The molecule has 5 nitrogen and oxygen atoms in total. The summed E-state index contributed by atoms with van der Waals surface area (Å²) in [5.74, 6) is 0.651. The van der Waals surface area contributed by atoms with Crippen LogP contribution in [0.2, 0.25) is 0 Å². The molecule has 0 unspecified atom stereocenters. The van der Waals surface area contributed by atoms with Crippen molar-refractivity contribution in [3.63, 3.8) is 0 Å². The lowest BCUT2D eigenvalue weighted by atomic mass is 10.1. The molecule has 0 spiro atoms. The van der Waals surface area contributed by atoms with Gasteiger partial charge in [0.05, 0.1) is 0 Å². The quantitative estimate of drug-likeness (QED) is 0.378. The number of hydrogen-bond donors (Lipinski definition) is 3. The predicted molar refractivity (Wildman–Crippen MR) is 107 cm³/mol. The summed E-state index contributed by atoms with van der Waals surface area (Å²) in [5.41, 5.74) is 2.91. The van der Waals surface area contributed by atoms with Gasteiger partial charge in [-0.3, -0.25) is 9.79 Å². The predicted octanol–water partition coefficient (Wildman–Crippen LogP) is 2.59. The molecule has 7 heteroatoms. The summed E-state index contributed by atoms with van der Waals surface area (Å²) in [4.78, 5) is 15.8. The van der Waals surface area contributed by atoms with Crippen LogP contribution in [-0.4, -0.2) is 26.0 Å². The molecule has 0 radical (unpaired) electrons. The molecule has 3 N–H and O–H groups in total. The number of thiophene rings is 1. The van der Waals surface area contributed by atoms with Gasteiger partial charge < -0.3 is 16.0 Å². The Morgan fingerprint density at radius 3 is 2.52 bits per heavy atom. The highest BCUT2D eigenvalue weighted by Crippen LogP contribution is 2.06. The summed E-state index contributed by atoms with van der Waals surface area (Å²) in [6.45, 7) is 1.34. The van der Waals surface area contributed by atoms with Crippen molar-refractivity contribution in [2.24, 2.45) is 4.99 Å². The molecule has 0 aliphatic carbocycles. The molecule has 1 amide bonds. The van der Waals surface area contributed by atoms with E-state index in [9.17, 15) is 4.79 Å². The van der Waals surface area contributed by atoms with Gasteiger partial charge in [-0.15, -0.1) is 24.0 Å². The number of nitrogens with one attached hydrogen (secondary N) is 3. The van der Waals surface area contributed by atoms with Crippen molar-refractivity contribution in [2.75, 3.05) is 14.1 Å². The molecule has 1 heterocycles. The van der Waals surface area contributed by atoms with Gasteiger partial charge in [-0.2, -0.15) is 11.3 Å². The Labute approximate surface area is 157 Å². The Hall–Kier alpha value is -1.61. The maximum Gasteiger partial charge on any atom is 0.251 e. The molecule has 0 bridgehead atoms. The Kier molecular flexibility index (Phi) is 8.64. The van der Waals surface area contributed by atoms with E-state index in [-0.39, 0.29) is 29.9 Å². The summed E-state index contributed by atoms with van der Waals surface area (Å²) in [5, 5.41) is 13.3. The summed E-state index contributed by atoms with van der Waals surface area (Å²) >= 11 is 1.68. The van der Waals surface area contributed by atoms with E-state index < -0.39 is 0 Å². The summed E-state index contributed by atoms with van der Waals surface area (Å²) in [6, 6.07) is 9.61. The van der Waals surface area contributed by atoms with Crippen molar-refractivity contribution in [1.29, 1.82) is 0 Å². The third kappa shape index (κ3) is 6.19. The molecule has 23 heavy (non-hydrogen) atoms. The van der Waals surface area contributed by atoms with E-state index in [2.05, 4.69) is 37.8 Å². The van der Waals surface area contributed by atoms with Crippen LogP contribution in [0.1, 0.15) is 21.5 Å². The van der Waals surface area contributed by atoms with Crippen molar-refractivity contribution >= 4 is 47.2 Å². The number of benzene rings is 1. The van der Waals surface area contributed by atoms with Gasteiger partial charge in [-0.1, -0.05) is 12.1 Å². The zero-order chi connectivity index (χ0) is 15.8. The SMILES string of the molecule is CN=C(NCc1ccsc1)NCc1cccc(C(=O)NC)c1.I. The third-order valence-electron chi connectivity index (χ3n) is 3.14. The van der Waals surface area contributed by atoms with Crippen LogP contribution in [0.4, 0.5) is 0 Å². The number of halogens is 1. The molecule has 2 aromatic rings. The molecule has 0 aliphatic rings. The van der Waals surface area contributed by atoms with Crippen LogP contribution in [0.25, 0.3) is 0 Å². The van der Waals surface area contributed by atoms with Crippen LogP contribution < -0.4 is 16.0 Å². The molecule has 1 aromatic carbocycles. The van der Waals surface area contributed by atoms with Crippen molar-refractivity contribution in [1.82, 2.24) is 16.0 Å². The first-order chi connectivity index (χ1) is 10.7. The Morgan fingerprint density at radius 1 is 1.17 bits per heavy atom. The number of guanidine groups is 1. The van der Waals surface area contributed by atoms with Crippen LogP contribution in [0, 0.1) is 0 Å². The number of nitrogens with zero attached hydrogens (tertiary/aromatic N) is 1. The fourth-order valence-corrected chi connectivity index (χ4v) is 2.62. The van der Waals surface area contributed by atoms with E-state index in [1.807, 2.05) is 18.2 Å². The highest BCUT2D eigenvalue weighted by atomic mass is 127. The molecule has 0 atom stereocenters. The van der Waals surface area contributed by atoms with E-state index >= 15 is 0 Å². The zero-order valence-corrected chi connectivity index (χ0v) is 16.3. The van der Waals surface area contributed by atoms with Gasteiger partial charge >= 0.3 is 0 Å². The van der Waals surface area contributed by atoms with Crippen LogP contribution >= 0.6 is 35.3 Å². The minimum atomic E-state index is -0.0817. The van der Waals surface area contributed by atoms with E-state index in [0.29, 0.717) is 12.1 Å². The number of carbonyl (C=O) groups excluding carboxylic acids is 1. The van der Waals surface area contributed by atoms with E-state index in [1.165, 1.54) is 5.56 Å². The van der Waals surface area contributed by atoms with Gasteiger partial charge in [-0.25, -0.2) is 0 Å². The number of hydrogen-bond acceptors (Lipinski definition) is 3. The minimum absolute atomic E-state index is 0. The first-order valence-electron chi connectivity index (χ1n) is 6.99. The first kappa shape index (κ1) is 19.4. The van der Waals surface area contributed by atoms with Crippen molar-refractivity contribution < 1.29 is 4.79 Å². The molecular weight excluding hydrogens is 423 g/mol. The van der Waals surface area contributed by atoms with E-state index in [4.69, 9.17) is 0 Å². The van der Waals surface area contributed by atoms with Gasteiger partial charge in [0, 0.05) is 32.7 Å². The van der Waals surface area contributed by atoms with Crippen molar-refractivity contribution in [3.05, 3.63) is 57.8 Å². The van der Waals surface area contributed by atoms with Gasteiger partial charge in [0.25, 0.3) is 5.91 Å². The molecule has 1 aromatic heterocycles. The molecule has 0 fully saturated rings. The highest BCUT2D eigenvalue weighted by Gasteiger charge is 2.04. The first-order valence-corrected chi connectivity index (χ1v) is 7.94. The molecule has 124 valence electrons. The number of aliphatic imine (C=N–C) groups is 1. The van der Waals surface area contributed by atoms with Crippen molar-refractivity contribution in [3.8, 4) is 0 Å². The van der Waals surface area contributed by atoms with Gasteiger partial charge in [-0.05, 0) is 40.1 Å². The fraction of sp³-hybridized carbons (Fsp3) is 0.250. The Balaban J connectivity index is 0.00000264. The average molecular weight is 444 g/mol. The normalized spacial score (nSPS) is 10.6. The lowest BCUT2D eigenvalue weighted by molar-refractivity contribution is 0.0963. The van der Waals surface area contributed by atoms with Crippen LogP contribution in [0.5, 0.6) is 0 Å². The highest BCUT2D eigenvalue weighted by molar-refractivity contribution is 14.0. The van der Waals surface area contributed by atoms with Crippen LogP contribution in [0.15, 0.2) is 46.1 Å². The maximum absolute atomic E-state index is 11.6. The maximum atomic E-state index is 11.6. The molecular formula is C16H21IN4OS. The monoisotopic (exact) mass is 444 g/mol. The van der Waals surface area contributed by atoms with Gasteiger partial charge in [0.15, 0.2) is 5.96 Å². The number of carbonyl (C=O) groups is 1. The second kappa shape index (κ2) is 10.2. The van der Waals surface area contributed by atoms with E-state index in [1.54, 1.807) is 31.5 Å². The zero-order valence-electron chi connectivity index (χ0n) is 13.1. The Bertz CT molecular complexity index is 643. The average Bonchev–Trinajstić information content (AvgIpc) is 3.08. The smallest absolute Gasteiger partial charge is 0.251 e. The molecule has 0 saturated carbocycles. The van der Waals surface area contributed by atoms with E-state index in [0.717, 1.165) is 18.1 Å². The largest absolute Gasteiger partial charge is 0.355 e. The second-order valence-electron chi connectivity index (χ2n) is 4.69.